The van der Waals surface area contributed by atoms with Crippen LogP contribution in [0.1, 0.15) is 16.7 Å². The summed E-state index contributed by atoms with van der Waals surface area (Å²) in [6.45, 7) is -0.418. The summed E-state index contributed by atoms with van der Waals surface area (Å²) >= 11 is 0. The number of carbonyl (C=O) groups excluding carboxylic acids is 3. The number of nitrogens with one attached hydrogen (secondary N) is 2. The van der Waals surface area contributed by atoms with Crippen molar-refractivity contribution in [2.24, 2.45) is 5.73 Å². The highest BCUT2D eigenvalue weighted by Gasteiger charge is 2.28. The second-order valence-electron chi connectivity index (χ2n) is 8.30. The van der Waals surface area contributed by atoms with Crippen LogP contribution in [0.5, 0.6) is 0 Å². The molecule has 0 saturated carbocycles. The van der Waals surface area contributed by atoms with E-state index in [9.17, 15) is 24.5 Å². The predicted molar refractivity (Wildman–Crippen MR) is 136 cm³/mol. The van der Waals surface area contributed by atoms with E-state index in [1.807, 2.05) is 60.7 Å². The topological polar surface area (TPSA) is 154 Å². The number of hydrogen-bond donors (Lipinski definition) is 3. The Balaban J connectivity index is 1.74. The number of ether oxygens (including phenoxy) is 1. The van der Waals surface area contributed by atoms with Crippen molar-refractivity contribution >= 4 is 23.5 Å². The van der Waals surface area contributed by atoms with Gasteiger partial charge in [-0.05, 0) is 28.8 Å². The van der Waals surface area contributed by atoms with E-state index >= 15 is 0 Å². The van der Waals surface area contributed by atoms with Crippen LogP contribution in [0.25, 0.3) is 0 Å². The Labute approximate surface area is 214 Å². The van der Waals surface area contributed by atoms with Crippen molar-refractivity contribution in [2.75, 3.05) is 6.54 Å². The van der Waals surface area contributed by atoms with E-state index in [2.05, 4.69) is 10.6 Å². The third-order valence-corrected chi connectivity index (χ3v) is 5.53. The van der Waals surface area contributed by atoms with Crippen molar-refractivity contribution in [3.63, 3.8) is 0 Å². The molecule has 0 fully saturated rings. The van der Waals surface area contributed by atoms with Crippen molar-refractivity contribution < 1.29 is 24.0 Å². The maximum Gasteiger partial charge on any atom is 0.329 e. The van der Waals surface area contributed by atoms with Gasteiger partial charge in [0.1, 0.15) is 18.7 Å². The summed E-state index contributed by atoms with van der Waals surface area (Å²) in [4.78, 5) is 48.6. The van der Waals surface area contributed by atoms with Crippen molar-refractivity contribution in [2.45, 2.75) is 31.5 Å². The molecule has 0 aliphatic rings. The summed E-state index contributed by atoms with van der Waals surface area (Å²) in [5.74, 6) is -1.74. The molecule has 0 bridgehead atoms. The van der Waals surface area contributed by atoms with Gasteiger partial charge in [0.2, 0.25) is 11.8 Å². The molecule has 0 aromatic heterocycles. The molecule has 3 rings (SSSR count). The Morgan fingerprint density at radius 2 is 1.32 bits per heavy atom. The first-order chi connectivity index (χ1) is 17.9. The minimum Gasteiger partial charge on any atom is -0.459 e. The first kappa shape index (κ1) is 27.0. The van der Waals surface area contributed by atoms with Crippen molar-refractivity contribution in [3.8, 4) is 0 Å². The fourth-order valence-corrected chi connectivity index (χ4v) is 3.60. The summed E-state index contributed by atoms with van der Waals surface area (Å²) < 4.78 is 5.43. The minimum atomic E-state index is -1.04. The number of carbonyl (C=O) groups is 3. The van der Waals surface area contributed by atoms with Crippen LogP contribution in [0, 0.1) is 10.1 Å². The second-order valence-corrected chi connectivity index (χ2v) is 8.30. The van der Waals surface area contributed by atoms with Crippen molar-refractivity contribution in [3.05, 3.63) is 112 Å². The van der Waals surface area contributed by atoms with E-state index in [1.165, 1.54) is 24.3 Å². The molecular formula is C27H28N4O6. The zero-order chi connectivity index (χ0) is 26.6. The number of nitrogens with two attached hydrogens (primary N) is 1. The second kappa shape index (κ2) is 13.5. The van der Waals surface area contributed by atoms with Gasteiger partial charge in [0, 0.05) is 25.0 Å². The van der Waals surface area contributed by atoms with Gasteiger partial charge >= 0.3 is 5.97 Å². The van der Waals surface area contributed by atoms with E-state index in [0.29, 0.717) is 5.56 Å². The highest BCUT2D eigenvalue weighted by atomic mass is 16.6. The van der Waals surface area contributed by atoms with Crippen LogP contribution >= 0.6 is 0 Å². The number of nitro benzene ring substituents is 1. The molecule has 2 atom stereocenters. The fraction of sp³-hybridized carbons (Fsp3) is 0.222. The quantitative estimate of drug-likeness (QED) is 0.194. The minimum absolute atomic E-state index is 0.0757. The Hall–Kier alpha value is -4.57. The number of nitro groups is 1. The van der Waals surface area contributed by atoms with Crippen LogP contribution in [0.3, 0.4) is 0 Å². The lowest BCUT2D eigenvalue weighted by atomic mass is 10.0. The Morgan fingerprint density at radius 3 is 1.84 bits per heavy atom. The third-order valence-electron chi connectivity index (χ3n) is 5.53. The molecule has 0 heterocycles. The Kier molecular flexibility index (Phi) is 9.86. The summed E-state index contributed by atoms with van der Waals surface area (Å²) in [6, 6.07) is 21.9. The number of benzene rings is 3. The zero-order valence-corrected chi connectivity index (χ0v) is 20.0. The summed E-state index contributed by atoms with van der Waals surface area (Å²) in [7, 11) is 0. The number of esters is 1. The molecule has 0 unspecified atom stereocenters. The lowest BCUT2D eigenvalue weighted by molar-refractivity contribution is -0.384. The zero-order valence-electron chi connectivity index (χ0n) is 20.0. The first-order valence-electron chi connectivity index (χ1n) is 11.6. The van der Waals surface area contributed by atoms with Crippen LogP contribution < -0.4 is 16.4 Å². The number of rotatable bonds is 12. The van der Waals surface area contributed by atoms with Gasteiger partial charge in [-0.2, -0.15) is 0 Å². The smallest absolute Gasteiger partial charge is 0.329 e. The third kappa shape index (κ3) is 8.55. The summed E-state index contributed by atoms with van der Waals surface area (Å²) in [5, 5.41) is 16.2. The molecule has 0 aliphatic heterocycles. The summed E-state index contributed by atoms with van der Waals surface area (Å²) in [6.07, 6.45) is 0.364. The van der Waals surface area contributed by atoms with Crippen LogP contribution in [0.2, 0.25) is 0 Å². The highest BCUT2D eigenvalue weighted by molar-refractivity contribution is 5.91. The Bertz CT molecular complexity index is 1200. The highest BCUT2D eigenvalue weighted by Crippen LogP contribution is 2.14. The molecule has 2 amide bonds. The van der Waals surface area contributed by atoms with Gasteiger partial charge in [-0.3, -0.25) is 19.7 Å². The molecule has 37 heavy (non-hydrogen) atoms. The van der Waals surface area contributed by atoms with Crippen LogP contribution in [0.4, 0.5) is 5.69 Å². The molecule has 0 radical (unpaired) electrons. The standard InChI is InChI=1S/C27H28N4O6/c28-17-25(32)29-23(15-19-7-3-1-4-8-19)26(33)30-24(16-20-9-5-2-6-10-20)27(34)37-18-21-11-13-22(14-12-21)31(35)36/h1-14,23-24H,15-18,28H2,(H,29,32)(H,30,33)/t23-,24+/m0/s1. The van der Waals surface area contributed by atoms with Gasteiger partial charge in [0.25, 0.3) is 5.69 Å². The average Bonchev–Trinajstić information content (AvgIpc) is 2.92. The van der Waals surface area contributed by atoms with Crippen molar-refractivity contribution in [1.29, 1.82) is 0 Å². The van der Waals surface area contributed by atoms with Crippen LogP contribution in [0.15, 0.2) is 84.9 Å². The van der Waals surface area contributed by atoms with Crippen LogP contribution in [-0.2, 0) is 38.6 Å². The predicted octanol–water partition coefficient (Wildman–Crippen LogP) is 2.05. The largest absolute Gasteiger partial charge is 0.459 e. The van der Waals surface area contributed by atoms with E-state index in [1.54, 1.807) is 0 Å². The molecule has 192 valence electrons. The SMILES string of the molecule is NCC(=O)N[C@@H](Cc1ccccc1)C(=O)N[C@H](Cc1ccccc1)C(=O)OCc1ccc([N+](=O)[O-])cc1. The molecule has 3 aromatic rings. The van der Waals surface area contributed by atoms with Gasteiger partial charge in [-0.1, -0.05) is 60.7 Å². The first-order valence-corrected chi connectivity index (χ1v) is 11.6. The van der Waals surface area contributed by atoms with Crippen LogP contribution in [-0.4, -0.2) is 41.3 Å². The van der Waals surface area contributed by atoms with Gasteiger partial charge in [-0.15, -0.1) is 0 Å². The molecule has 3 aromatic carbocycles. The van der Waals surface area contributed by atoms with Gasteiger partial charge in [0.15, 0.2) is 0 Å². The molecule has 0 spiro atoms. The van der Waals surface area contributed by atoms with Gasteiger partial charge < -0.3 is 21.1 Å². The molecule has 0 aliphatic carbocycles. The number of amides is 2. The van der Waals surface area contributed by atoms with E-state index in [-0.39, 0.29) is 31.7 Å². The molecule has 10 heteroatoms. The monoisotopic (exact) mass is 504 g/mol. The van der Waals surface area contributed by atoms with E-state index in [0.717, 1.165) is 11.1 Å². The summed E-state index contributed by atoms with van der Waals surface area (Å²) in [5.41, 5.74) is 7.53. The van der Waals surface area contributed by atoms with Gasteiger partial charge in [-0.25, -0.2) is 4.79 Å². The average molecular weight is 505 g/mol. The maximum atomic E-state index is 13.2. The maximum absolute atomic E-state index is 13.2. The lowest BCUT2D eigenvalue weighted by Gasteiger charge is -2.23. The number of nitrogens with zero attached hydrogens (tertiary/aromatic N) is 1. The van der Waals surface area contributed by atoms with E-state index in [4.69, 9.17) is 10.5 Å². The number of hydrogen-bond acceptors (Lipinski definition) is 7. The fourth-order valence-electron chi connectivity index (χ4n) is 3.60. The molecule has 10 nitrogen and oxygen atoms in total. The molecule has 4 N–H and O–H groups in total. The normalized spacial score (nSPS) is 12.1. The van der Waals surface area contributed by atoms with E-state index < -0.39 is 34.8 Å². The lowest BCUT2D eigenvalue weighted by Crippen LogP contribution is -2.54. The Morgan fingerprint density at radius 1 is 0.784 bits per heavy atom. The molecular weight excluding hydrogens is 476 g/mol. The van der Waals surface area contributed by atoms with Gasteiger partial charge in [0.05, 0.1) is 11.5 Å². The van der Waals surface area contributed by atoms with Crippen molar-refractivity contribution in [1.82, 2.24) is 10.6 Å². The number of non-ortho nitro benzene ring substituents is 1. The molecule has 0 saturated heterocycles.